The average Bonchev–Trinajstić information content (AvgIpc) is 2.60. The second-order valence-corrected chi connectivity index (χ2v) is 5.75. The largest absolute Gasteiger partial charge is 0.495 e. The van der Waals surface area contributed by atoms with Gasteiger partial charge in [0, 0.05) is 25.9 Å². The first-order chi connectivity index (χ1) is 11.9. The van der Waals surface area contributed by atoms with Crippen molar-refractivity contribution >= 4 is 17.6 Å². The van der Waals surface area contributed by atoms with E-state index in [2.05, 4.69) is 15.6 Å². The Labute approximate surface area is 147 Å². The third-order valence-electron chi connectivity index (χ3n) is 3.51. The fourth-order valence-corrected chi connectivity index (χ4v) is 2.15. The van der Waals surface area contributed by atoms with Crippen molar-refractivity contribution in [3.8, 4) is 5.75 Å². The molecule has 25 heavy (non-hydrogen) atoms. The van der Waals surface area contributed by atoms with E-state index in [1.807, 2.05) is 19.1 Å². The topological polar surface area (TPSA) is 83.6 Å². The monoisotopic (exact) mass is 342 g/mol. The normalized spacial score (nSPS) is 10.1. The Morgan fingerprint density at radius 3 is 2.64 bits per heavy atom. The maximum Gasteiger partial charge on any atom is 0.317 e. The molecule has 132 valence electrons. The minimum absolute atomic E-state index is 0.221. The number of nitrogens with one attached hydrogen (secondary N) is 2. The second kappa shape index (κ2) is 8.14. The molecule has 7 nitrogen and oxygen atoms in total. The maximum absolute atomic E-state index is 12.5. The number of aromatic nitrogens is 1. The third kappa shape index (κ3) is 4.94. The van der Waals surface area contributed by atoms with Crippen LogP contribution in [0.3, 0.4) is 0 Å². The van der Waals surface area contributed by atoms with Crippen LogP contribution in [0, 0.1) is 6.92 Å². The molecule has 0 saturated heterocycles. The van der Waals surface area contributed by atoms with E-state index in [-0.39, 0.29) is 18.5 Å². The lowest BCUT2D eigenvalue weighted by atomic mass is 10.1. The number of anilines is 1. The summed E-state index contributed by atoms with van der Waals surface area (Å²) in [6, 6.07) is 8.60. The maximum atomic E-state index is 12.5. The number of carbonyl (C=O) groups is 2. The first-order valence-corrected chi connectivity index (χ1v) is 7.76. The first-order valence-electron chi connectivity index (χ1n) is 7.76. The predicted molar refractivity (Wildman–Crippen MR) is 95.8 cm³/mol. The van der Waals surface area contributed by atoms with Crippen molar-refractivity contribution in [3.05, 3.63) is 53.3 Å². The molecule has 3 amide bonds. The van der Waals surface area contributed by atoms with Gasteiger partial charge in [0.2, 0.25) is 0 Å². The lowest BCUT2D eigenvalue weighted by molar-refractivity contribution is 0.102. The molecule has 2 rings (SSSR count). The van der Waals surface area contributed by atoms with E-state index < -0.39 is 0 Å². The van der Waals surface area contributed by atoms with Gasteiger partial charge in [0.05, 0.1) is 25.0 Å². The molecule has 1 aromatic carbocycles. The van der Waals surface area contributed by atoms with Crippen molar-refractivity contribution in [2.75, 3.05) is 26.5 Å². The predicted octanol–water partition coefficient (Wildman–Crippen LogP) is 2.42. The summed E-state index contributed by atoms with van der Waals surface area (Å²) in [4.78, 5) is 29.7. The van der Waals surface area contributed by atoms with Crippen LogP contribution in [-0.4, -0.2) is 43.0 Å². The molecule has 1 aromatic heterocycles. The molecular formula is C18H22N4O3. The molecule has 2 N–H and O–H groups in total. The summed E-state index contributed by atoms with van der Waals surface area (Å²) >= 11 is 0. The number of rotatable bonds is 5. The second-order valence-electron chi connectivity index (χ2n) is 5.75. The number of pyridine rings is 1. The number of hydrogen-bond donors (Lipinski definition) is 2. The number of hydrogen-bond acceptors (Lipinski definition) is 4. The van der Waals surface area contributed by atoms with E-state index in [0.717, 1.165) is 5.56 Å². The third-order valence-corrected chi connectivity index (χ3v) is 3.51. The van der Waals surface area contributed by atoms with E-state index in [4.69, 9.17) is 4.74 Å². The van der Waals surface area contributed by atoms with Gasteiger partial charge < -0.3 is 20.3 Å². The Morgan fingerprint density at radius 1 is 1.20 bits per heavy atom. The van der Waals surface area contributed by atoms with E-state index >= 15 is 0 Å². The van der Waals surface area contributed by atoms with Crippen LogP contribution in [0.4, 0.5) is 10.5 Å². The summed E-state index contributed by atoms with van der Waals surface area (Å²) in [6.07, 6.45) is 1.54. The number of amides is 3. The lowest BCUT2D eigenvalue weighted by Crippen LogP contribution is -2.34. The van der Waals surface area contributed by atoms with Gasteiger partial charge in [-0.05, 0) is 36.8 Å². The molecule has 0 saturated carbocycles. The number of benzene rings is 1. The molecule has 7 heteroatoms. The number of aryl methyl sites for hydroxylation is 1. The van der Waals surface area contributed by atoms with Crippen molar-refractivity contribution in [2.24, 2.45) is 0 Å². The SMILES string of the molecule is COc1ccc(C)cc1NC(=O)c1ccnc(CNC(=O)N(C)C)c1. The van der Waals surface area contributed by atoms with E-state index in [1.54, 1.807) is 45.6 Å². The van der Waals surface area contributed by atoms with Crippen LogP contribution in [0.5, 0.6) is 5.75 Å². The fraction of sp³-hybridized carbons (Fsp3) is 0.278. The van der Waals surface area contributed by atoms with Gasteiger partial charge in [0.15, 0.2) is 0 Å². The van der Waals surface area contributed by atoms with Crippen LogP contribution in [0.2, 0.25) is 0 Å². The number of nitrogens with zero attached hydrogens (tertiary/aromatic N) is 2. The number of carbonyl (C=O) groups excluding carboxylic acids is 2. The van der Waals surface area contributed by atoms with Crippen molar-refractivity contribution in [1.29, 1.82) is 0 Å². The molecule has 0 unspecified atom stereocenters. The zero-order valence-corrected chi connectivity index (χ0v) is 14.8. The van der Waals surface area contributed by atoms with Crippen LogP contribution in [0.25, 0.3) is 0 Å². The first kappa shape index (κ1) is 18.3. The van der Waals surface area contributed by atoms with Gasteiger partial charge in [-0.15, -0.1) is 0 Å². The van der Waals surface area contributed by atoms with Crippen molar-refractivity contribution in [3.63, 3.8) is 0 Å². The molecule has 0 radical (unpaired) electrons. The van der Waals surface area contributed by atoms with Gasteiger partial charge >= 0.3 is 6.03 Å². The molecule has 1 heterocycles. The molecule has 0 atom stereocenters. The number of urea groups is 1. The lowest BCUT2D eigenvalue weighted by Gasteiger charge is -2.13. The Kier molecular flexibility index (Phi) is 5.94. The van der Waals surface area contributed by atoms with Crippen LogP contribution in [-0.2, 0) is 6.54 Å². The highest BCUT2D eigenvalue weighted by Crippen LogP contribution is 2.25. The Balaban J connectivity index is 2.11. The van der Waals surface area contributed by atoms with Crippen LogP contribution >= 0.6 is 0 Å². The van der Waals surface area contributed by atoms with Gasteiger partial charge in [-0.25, -0.2) is 4.79 Å². The van der Waals surface area contributed by atoms with Gasteiger partial charge in [0.25, 0.3) is 5.91 Å². The highest BCUT2D eigenvalue weighted by Gasteiger charge is 2.11. The highest BCUT2D eigenvalue weighted by atomic mass is 16.5. The van der Waals surface area contributed by atoms with Crippen LogP contribution in [0.15, 0.2) is 36.5 Å². The van der Waals surface area contributed by atoms with Crippen molar-refractivity contribution < 1.29 is 14.3 Å². The van der Waals surface area contributed by atoms with E-state index in [9.17, 15) is 9.59 Å². The van der Waals surface area contributed by atoms with Crippen molar-refractivity contribution in [1.82, 2.24) is 15.2 Å². The zero-order valence-electron chi connectivity index (χ0n) is 14.8. The Bertz CT molecular complexity index is 775. The molecular weight excluding hydrogens is 320 g/mol. The quantitative estimate of drug-likeness (QED) is 0.874. The summed E-state index contributed by atoms with van der Waals surface area (Å²) in [5.74, 6) is 0.318. The smallest absolute Gasteiger partial charge is 0.317 e. The molecule has 0 aliphatic rings. The molecule has 0 bridgehead atoms. The molecule has 0 fully saturated rings. The van der Waals surface area contributed by atoms with Gasteiger partial charge in [0.1, 0.15) is 5.75 Å². The number of ether oxygens (including phenoxy) is 1. The van der Waals surface area contributed by atoms with Gasteiger partial charge in [-0.2, -0.15) is 0 Å². The van der Waals surface area contributed by atoms with Crippen molar-refractivity contribution in [2.45, 2.75) is 13.5 Å². The van der Waals surface area contributed by atoms with Gasteiger partial charge in [-0.3, -0.25) is 9.78 Å². The summed E-state index contributed by atoms with van der Waals surface area (Å²) in [5.41, 5.74) is 2.66. The van der Waals surface area contributed by atoms with Crippen LogP contribution in [0.1, 0.15) is 21.6 Å². The fourth-order valence-electron chi connectivity index (χ4n) is 2.15. The van der Waals surface area contributed by atoms with E-state index in [0.29, 0.717) is 22.7 Å². The Morgan fingerprint density at radius 2 is 1.96 bits per heavy atom. The number of methoxy groups -OCH3 is 1. The molecule has 0 aliphatic carbocycles. The van der Waals surface area contributed by atoms with Gasteiger partial charge in [-0.1, -0.05) is 6.07 Å². The minimum Gasteiger partial charge on any atom is -0.495 e. The molecule has 2 aromatic rings. The highest BCUT2D eigenvalue weighted by molar-refractivity contribution is 6.05. The zero-order chi connectivity index (χ0) is 18.4. The van der Waals surface area contributed by atoms with E-state index in [1.165, 1.54) is 4.90 Å². The standard InChI is InChI=1S/C18H22N4O3/c1-12-5-6-16(25-4)15(9-12)21-17(23)13-7-8-19-14(10-13)11-20-18(24)22(2)3/h5-10H,11H2,1-4H3,(H,20,24)(H,21,23). The molecule has 0 spiro atoms. The minimum atomic E-state index is -0.272. The summed E-state index contributed by atoms with van der Waals surface area (Å²) in [7, 11) is 4.86. The average molecular weight is 342 g/mol. The molecule has 0 aliphatic heterocycles. The van der Waals surface area contributed by atoms with Crippen LogP contribution < -0.4 is 15.4 Å². The summed E-state index contributed by atoms with van der Waals surface area (Å²) in [6.45, 7) is 2.18. The Hall–Kier alpha value is -3.09. The summed E-state index contributed by atoms with van der Waals surface area (Å²) < 4.78 is 5.27. The summed E-state index contributed by atoms with van der Waals surface area (Å²) in [5, 5.41) is 5.55.